The summed E-state index contributed by atoms with van der Waals surface area (Å²) in [6, 6.07) is 4.06. The lowest BCUT2D eigenvalue weighted by Gasteiger charge is -2.20. The molecule has 0 atom stereocenters. The third-order valence-corrected chi connectivity index (χ3v) is 4.18. The number of hydrogen-bond donors (Lipinski definition) is 2. The lowest BCUT2D eigenvalue weighted by Crippen LogP contribution is -2.37. The van der Waals surface area contributed by atoms with E-state index < -0.39 is 0 Å². The van der Waals surface area contributed by atoms with Crippen molar-refractivity contribution in [2.45, 2.75) is 19.4 Å². The van der Waals surface area contributed by atoms with Crippen LogP contribution in [0.1, 0.15) is 18.4 Å². The number of aliphatic imine (C=N–C) groups is 1. The maximum Gasteiger partial charge on any atom is 0.191 e. The lowest BCUT2D eigenvalue weighted by atomic mass is 10.2. The van der Waals surface area contributed by atoms with Crippen LogP contribution >= 0.6 is 15.9 Å². The molecule has 1 aliphatic heterocycles. The molecular formula is C15H20BrN3O2. The fraction of sp³-hybridized carbons (Fsp3) is 0.533. The van der Waals surface area contributed by atoms with Crippen LogP contribution in [0.4, 0.5) is 0 Å². The zero-order chi connectivity index (χ0) is 14.7. The second kappa shape index (κ2) is 6.56. The van der Waals surface area contributed by atoms with Crippen LogP contribution in [0, 0.1) is 5.92 Å². The number of guanidine groups is 1. The summed E-state index contributed by atoms with van der Waals surface area (Å²) in [7, 11) is 1.79. The van der Waals surface area contributed by atoms with Gasteiger partial charge in [-0.25, -0.2) is 0 Å². The van der Waals surface area contributed by atoms with Crippen molar-refractivity contribution < 1.29 is 9.47 Å². The van der Waals surface area contributed by atoms with Crippen LogP contribution in [0.5, 0.6) is 11.5 Å². The van der Waals surface area contributed by atoms with Gasteiger partial charge in [-0.3, -0.25) is 4.99 Å². The van der Waals surface area contributed by atoms with Crippen LogP contribution in [-0.4, -0.2) is 32.8 Å². The van der Waals surface area contributed by atoms with Gasteiger partial charge in [0.15, 0.2) is 17.5 Å². The van der Waals surface area contributed by atoms with Gasteiger partial charge in [0, 0.05) is 20.1 Å². The molecule has 0 saturated heterocycles. The monoisotopic (exact) mass is 353 g/mol. The molecule has 0 unspecified atom stereocenters. The molecular weight excluding hydrogens is 334 g/mol. The number of rotatable bonds is 4. The quantitative estimate of drug-likeness (QED) is 0.644. The Bertz CT molecular complexity index is 544. The van der Waals surface area contributed by atoms with Gasteiger partial charge in [-0.15, -0.1) is 0 Å². The predicted molar refractivity (Wildman–Crippen MR) is 86.1 cm³/mol. The van der Waals surface area contributed by atoms with Gasteiger partial charge < -0.3 is 20.1 Å². The van der Waals surface area contributed by atoms with Crippen LogP contribution in [0.2, 0.25) is 0 Å². The summed E-state index contributed by atoms with van der Waals surface area (Å²) >= 11 is 3.54. The first kappa shape index (κ1) is 14.5. The maximum absolute atomic E-state index is 5.64. The summed E-state index contributed by atoms with van der Waals surface area (Å²) in [5, 5.41) is 6.67. The maximum atomic E-state index is 5.64. The molecule has 1 aromatic carbocycles. The molecule has 0 spiro atoms. The largest absolute Gasteiger partial charge is 0.486 e. The number of benzene rings is 1. The van der Waals surface area contributed by atoms with Gasteiger partial charge in [0.05, 0.1) is 4.47 Å². The molecule has 1 aliphatic carbocycles. The molecule has 0 amide bonds. The molecule has 0 bridgehead atoms. The number of nitrogens with one attached hydrogen (secondary N) is 2. The van der Waals surface area contributed by atoms with Crippen molar-refractivity contribution in [2.24, 2.45) is 10.9 Å². The number of ether oxygens (including phenoxy) is 2. The molecule has 0 aromatic heterocycles. The average Bonchev–Trinajstić information content (AvgIpc) is 3.32. The van der Waals surface area contributed by atoms with Gasteiger partial charge in [-0.2, -0.15) is 0 Å². The molecule has 5 nitrogen and oxygen atoms in total. The van der Waals surface area contributed by atoms with E-state index >= 15 is 0 Å². The molecule has 0 radical (unpaired) electrons. The van der Waals surface area contributed by atoms with Gasteiger partial charge in [-0.1, -0.05) is 0 Å². The second-order valence-corrected chi connectivity index (χ2v) is 6.21. The van der Waals surface area contributed by atoms with Crippen molar-refractivity contribution >= 4 is 21.9 Å². The number of fused-ring (bicyclic) bond motifs is 1. The SMILES string of the molecule is CN=C(NCc1cc(Br)c2c(c1)OCCO2)NCC1CC1. The fourth-order valence-electron chi connectivity index (χ4n) is 2.24. The minimum Gasteiger partial charge on any atom is -0.486 e. The third kappa shape index (κ3) is 3.81. The number of nitrogens with zero attached hydrogens (tertiary/aromatic N) is 1. The van der Waals surface area contributed by atoms with Crippen molar-refractivity contribution in [3.63, 3.8) is 0 Å². The van der Waals surface area contributed by atoms with E-state index in [2.05, 4.69) is 37.6 Å². The standard InChI is InChI=1S/C15H20BrN3O2/c1-17-15(18-8-10-2-3-10)19-9-11-6-12(16)14-13(7-11)20-4-5-21-14/h6-7,10H,2-5,8-9H2,1H3,(H2,17,18,19). The van der Waals surface area contributed by atoms with Crippen molar-refractivity contribution in [1.82, 2.24) is 10.6 Å². The van der Waals surface area contributed by atoms with Gasteiger partial charge >= 0.3 is 0 Å². The first-order chi connectivity index (χ1) is 10.3. The Hall–Kier alpha value is -1.43. The minimum atomic E-state index is 0.598. The number of hydrogen-bond acceptors (Lipinski definition) is 3. The summed E-state index contributed by atoms with van der Waals surface area (Å²) < 4.78 is 12.2. The van der Waals surface area contributed by atoms with Crippen LogP contribution in [-0.2, 0) is 6.54 Å². The van der Waals surface area contributed by atoms with Gasteiger partial charge in [0.25, 0.3) is 0 Å². The summed E-state index contributed by atoms with van der Waals surface area (Å²) in [6.45, 7) is 2.89. The molecule has 2 N–H and O–H groups in total. The zero-order valence-electron chi connectivity index (χ0n) is 12.1. The minimum absolute atomic E-state index is 0.598. The highest BCUT2D eigenvalue weighted by Gasteiger charge is 2.21. The van der Waals surface area contributed by atoms with Crippen LogP contribution in [0.3, 0.4) is 0 Å². The van der Waals surface area contributed by atoms with E-state index in [1.807, 2.05) is 6.07 Å². The van der Waals surface area contributed by atoms with E-state index in [-0.39, 0.29) is 0 Å². The molecule has 3 rings (SSSR count). The molecule has 1 fully saturated rings. The number of halogens is 1. The fourth-order valence-corrected chi connectivity index (χ4v) is 2.84. The third-order valence-electron chi connectivity index (χ3n) is 3.60. The van der Waals surface area contributed by atoms with Crippen molar-refractivity contribution in [2.75, 3.05) is 26.8 Å². The molecule has 1 heterocycles. The van der Waals surface area contributed by atoms with Crippen molar-refractivity contribution in [1.29, 1.82) is 0 Å². The summed E-state index contributed by atoms with van der Waals surface area (Å²) in [6.07, 6.45) is 2.66. The van der Waals surface area contributed by atoms with Gasteiger partial charge in [-0.05, 0) is 52.4 Å². The van der Waals surface area contributed by atoms with E-state index in [1.54, 1.807) is 7.05 Å². The highest BCUT2D eigenvalue weighted by Crippen LogP contribution is 2.38. The Morgan fingerprint density at radius 1 is 1.29 bits per heavy atom. The molecule has 1 aromatic rings. The van der Waals surface area contributed by atoms with E-state index in [9.17, 15) is 0 Å². The van der Waals surface area contributed by atoms with E-state index in [0.717, 1.165) is 40.0 Å². The van der Waals surface area contributed by atoms with Crippen LogP contribution in [0.15, 0.2) is 21.6 Å². The van der Waals surface area contributed by atoms with E-state index in [4.69, 9.17) is 9.47 Å². The summed E-state index contributed by atoms with van der Waals surface area (Å²) in [4.78, 5) is 4.24. The Kier molecular flexibility index (Phi) is 4.53. The zero-order valence-corrected chi connectivity index (χ0v) is 13.7. The topological polar surface area (TPSA) is 54.9 Å². The Balaban J connectivity index is 1.60. The van der Waals surface area contributed by atoms with Gasteiger partial charge in [0.2, 0.25) is 0 Å². The van der Waals surface area contributed by atoms with Crippen LogP contribution in [0.25, 0.3) is 0 Å². The normalized spacial score (nSPS) is 17.5. The predicted octanol–water partition coefficient (Wildman–Crippen LogP) is 2.30. The molecule has 21 heavy (non-hydrogen) atoms. The van der Waals surface area contributed by atoms with Crippen LogP contribution < -0.4 is 20.1 Å². The van der Waals surface area contributed by atoms with E-state index in [1.165, 1.54) is 12.8 Å². The first-order valence-electron chi connectivity index (χ1n) is 7.29. The lowest BCUT2D eigenvalue weighted by molar-refractivity contribution is 0.170. The van der Waals surface area contributed by atoms with E-state index in [0.29, 0.717) is 19.8 Å². The van der Waals surface area contributed by atoms with Crippen molar-refractivity contribution in [3.05, 3.63) is 22.2 Å². The first-order valence-corrected chi connectivity index (χ1v) is 8.08. The van der Waals surface area contributed by atoms with Crippen molar-refractivity contribution in [3.8, 4) is 11.5 Å². The highest BCUT2D eigenvalue weighted by molar-refractivity contribution is 9.10. The Labute approximate surface area is 133 Å². The molecule has 114 valence electrons. The second-order valence-electron chi connectivity index (χ2n) is 5.35. The Morgan fingerprint density at radius 3 is 2.86 bits per heavy atom. The molecule has 6 heteroatoms. The summed E-state index contributed by atoms with van der Waals surface area (Å²) in [5.41, 5.74) is 1.13. The smallest absolute Gasteiger partial charge is 0.191 e. The summed E-state index contributed by atoms with van der Waals surface area (Å²) in [5.74, 6) is 3.26. The molecule has 1 saturated carbocycles. The molecule has 2 aliphatic rings. The highest BCUT2D eigenvalue weighted by atomic mass is 79.9. The average molecular weight is 354 g/mol. The van der Waals surface area contributed by atoms with Gasteiger partial charge in [0.1, 0.15) is 13.2 Å². The Morgan fingerprint density at radius 2 is 2.10 bits per heavy atom.